The van der Waals surface area contributed by atoms with Crippen molar-refractivity contribution in [2.45, 2.75) is 25.4 Å². The van der Waals surface area contributed by atoms with Gasteiger partial charge in [0.1, 0.15) is 6.04 Å². The standard InChI is InChI=1S/C16H21N3O2/c1-2-21-16(20)15-12-18-10-11-19(15)14(8-9-17)13-6-4-3-5-7-13/h3-7,14-15,18H,2,8,10-12H2,1H3. The highest BCUT2D eigenvalue weighted by molar-refractivity contribution is 5.76. The van der Waals surface area contributed by atoms with Gasteiger partial charge in [-0.15, -0.1) is 0 Å². The summed E-state index contributed by atoms with van der Waals surface area (Å²) >= 11 is 0. The van der Waals surface area contributed by atoms with Crippen molar-refractivity contribution in [1.82, 2.24) is 10.2 Å². The fraction of sp³-hybridized carbons (Fsp3) is 0.500. The number of piperazine rings is 1. The van der Waals surface area contributed by atoms with E-state index in [2.05, 4.69) is 16.3 Å². The highest BCUT2D eigenvalue weighted by Crippen LogP contribution is 2.27. The number of nitrogens with zero attached hydrogens (tertiary/aromatic N) is 2. The van der Waals surface area contributed by atoms with Crippen LogP contribution in [0.4, 0.5) is 0 Å². The molecule has 112 valence electrons. The molecule has 1 saturated heterocycles. The predicted octanol–water partition coefficient (Wildman–Crippen LogP) is 1.48. The van der Waals surface area contributed by atoms with Crippen molar-refractivity contribution in [3.63, 3.8) is 0 Å². The quantitative estimate of drug-likeness (QED) is 0.831. The summed E-state index contributed by atoms with van der Waals surface area (Å²) < 4.78 is 5.17. The number of hydrogen-bond donors (Lipinski definition) is 1. The molecule has 0 saturated carbocycles. The molecule has 0 radical (unpaired) electrons. The lowest BCUT2D eigenvalue weighted by Crippen LogP contribution is -2.56. The van der Waals surface area contributed by atoms with Gasteiger partial charge in [-0.3, -0.25) is 9.69 Å². The van der Waals surface area contributed by atoms with E-state index in [4.69, 9.17) is 10.00 Å². The minimum Gasteiger partial charge on any atom is -0.465 e. The summed E-state index contributed by atoms with van der Waals surface area (Å²) in [6.07, 6.45) is 0.361. The Balaban J connectivity index is 2.24. The van der Waals surface area contributed by atoms with Gasteiger partial charge in [0, 0.05) is 25.7 Å². The predicted molar refractivity (Wildman–Crippen MR) is 79.4 cm³/mol. The minimum absolute atomic E-state index is 0.0762. The van der Waals surface area contributed by atoms with Gasteiger partial charge in [-0.05, 0) is 12.5 Å². The number of rotatable bonds is 5. The Morgan fingerprint density at radius 1 is 1.52 bits per heavy atom. The molecule has 1 aliphatic rings. The maximum absolute atomic E-state index is 12.2. The second-order valence-electron chi connectivity index (χ2n) is 5.00. The second-order valence-corrected chi connectivity index (χ2v) is 5.00. The molecule has 1 aromatic carbocycles. The molecular weight excluding hydrogens is 266 g/mol. The van der Waals surface area contributed by atoms with Crippen LogP contribution >= 0.6 is 0 Å². The Bertz CT molecular complexity index is 498. The Hall–Kier alpha value is -1.90. The molecule has 0 bridgehead atoms. The third-order valence-corrected chi connectivity index (χ3v) is 3.71. The monoisotopic (exact) mass is 287 g/mol. The highest BCUT2D eigenvalue weighted by atomic mass is 16.5. The molecule has 1 fully saturated rings. The zero-order chi connectivity index (χ0) is 15.1. The van der Waals surface area contributed by atoms with Crippen LogP contribution < -0.4 is 5.32 Å². The minimum atomic E-state index is -0.336. The molecule has 2 rings (SSSR count). The highest BCUT2D eigenvalue weighted by Gasteiger charge is 2.35. The number of nitrogens with one attached hydrogen (secondary N) is 1. The molecule has 2 atom stereocenters. The van der Waals surface area contributed by atoms with E-state index >= 15 is 0 Å². The summed E-state index contributed by atoms with van der Waals surface area (Å²) in [6, 6.07) is 11.7. The first kappa shape index (κ1) is 15.5. The van der Waals surface area contributed by atoms with Gasteiger partial charge in [-0.2, -0.15) is 5.26 Å². The molecule has 0 aliphatic carbocycles. The van der Waals surface area contributed by atoms with Crippen LogP contribution in [0.5, 0.6) is 0 Å². The molecule has 5 heteroatoms. The topological polar surface area (TPSA) is 65.4 Å². The van der Waals surface area contributed by atoms with Crippen LogP contribution in [-0.4, -0.2) is 43.2 Å². The first-order valence-corrected chi connectivity index (χ1v) is 7.33. The Morgan fingerprint density at radius 2 is 2.29 bits per heavy atom. The maximum atomic E-state index is 12.2. The largest absolute Gasteiger partial charge is 0.465 e. The van der Waals surface area contributed by atoms with Crippen molar-refractivity contribution in [1.29, 1.82) is 5.26 Å². The van der Waals surface area contributed by atoms with E-state index < -0.39 is 0 Å². The van der Waals surface area contributed by atoms with Crippen LogP contribution in [-0.2, 0) is 9.53 Å². The van der Waals surface area contributed by atoms with E-state index in [1.54, 1.807) is 0 Å². The summed E-state index contributed by atoms with van der Waals surface area (Å²) in [5.74, 6) is -0.219. The second kappa shape index (κ2) is 7.77. The third kappa shape index (κ3) is 3.81. The van der Waals surface area contributed by atoms with Gasteiger partial charge in [-0.1, -0.05) is 30.3 Å². The number of nitriles is 1. The van der Waals surface area contributed by atoms with Crippen LogP contribution in [0.15, 0.2) is 30.3 Å². The normalized spacial score (nSPS) is 20.5. The number of ether oxygens (including phenoxy) is 1. The molecule has 0 amide bonds. The van der Waals surface area contributed by atoms with Crippen LogP contribution in [0.3, 0.4) is 0 Å². The number of hydrogen-bond acceptors (Lipinski definition) is 5. The van der Waals surface area contributed by atoms with E-state index in [0.717, 1.165) is 18.7 Å². The first-order valence-electron chi connectivity index (χ1n) is 7.33. The van der Waals surface area contributed by atoms with Gasteiger partial charge in [0.05, 0.1) is 19.1 Å². The fourth-order valence-electron chi connectivity index (χ4n) is 2.74. The summed E-state index contributed by atoms with van der Waals surface area (Å²) in [4.78, 5) is 14.3. The van der Waals surface area contributed by atoms with Crippen LogP contribution in [0.1, 0.15) is 24.9 Å². The van der Waals surface area contributed by atoms with E-state index in [0.29, 0.717) is 19.6 Å². The van der Waals surface area contributed by atoms with Crippen molar-refractivity contribution >= 4 is 5.97 Å². The lowest BCUT2D eigenvalue weighted by atomic mass is 9.99. The van der Waals surface area contributed by atoms with Crippen LogP contribution in [0, 0.1) is 11.3 Å². The number of esters is 1. The van der Waals surface area contributed by atoms with Gasteiger partial charge >= 0.3 is 5.97 Å². The van der Waals surface area contributed by atoms with Crippen molar-refractivity contribution in [3.05, 3.63) is 35.9 Å². The number of carbonyl (C=O) groups is 1. The van der Waals surface area contributed by atoms with Crippen molar-refractivity contribution < 1.29 is 9.53 Å². The molecule has 1 N–H and O–H groups in total. The average Bonchev–Trinajstić information content (AvgIpc) is 2.54. The molecule has 0 spiro atoms. The fourth-order valence-corrected chi connectivity index (χ4v) is 2.74. The molecular formula is C16H21N3O2. The number of benzene rings is 1. The van der Waals surface area contributed by atoms with E-state index in [-0.39, 0.29) is 18.1 Å². The summed E-state index contributed by atoms with van der Waals surface area (Å²) in [7, 11) is 0. The Kier molecular flexibility index (Phi) is 5.73. The molecule has 5 nitrogen and oxygen atoms in total. The molecule has 0 aromatic heterocycles. The van der Waals surface area contributed by atoms with Gasteiger partial charge in [0.2, 0.25) is 0 Å². The Morgan fingerprint density at radius 3 is 2.95 bits per heavy atom. The van der Waals surface area contributed by atoms with Crippen molar-refractivity contribution in [3.8, 4) is 6.07 Å². The van der Waals surface area contributed by atoms with Gasteiger partial charge in [-0.25, -0.2) is 0 Å². The SMILES string of the molecule is CCOC(=O)C1CNCCN1C(CC#N)c1ccccc1. The van der Waals surface area contributed by atoms with Gasteiger partial charge in [0.15, 0.2) is 0 Å². The van der Waals surface area contributed by atoms with Crippen LogP contribution in [0.2, 0.25) is 0 Å². The smallest absolute Gasteiger partial charge is 0.324 e. The van der Waals surface area contributed by atoms with E-state index in [9.17, 15) is 4.79 Å². The van der Waals surface area contributed by atoms with Gasteiger partial charge < -0.3 is 10.1 Å². The number of carbonyl (C=O) groups excluding carboxylic acids is 1. The van der Waals surface area contributed by atoms with Crippen molar-refractivity contribution in [2.24, 2.45) is 0 Å². The maximum Gasteiger partial charge on any atom is 0.324 e. The van der Waals surface area contributed by atoms with E-state index in [1.165, 1.54) is 0 Å². The lowest BCUT2D eigenvalue weighted by molar-refractivity contribution is -0.151. The Labute approximate surface area is 125 Å². The van der Waals surface area contributed by atoms with Crippen molar-refractivity contribution in [2.75, 3.05) is 26.2 Å². The summed E-state index contributed by atoms with van der Waals surface area (Å²) in [6.45, 7) is 4.28. The molecule has 1 heterocycles. The van der Waals surface area contributed by atoms with Gasteiger partial charge in [0.25, 0.3) is 0 Å². The molecule has 2 unspecified atom stereocenters. The van der Waals surface area contributed by atoms with E-state index in [1.807, 2.05) is 37.3 Å². The average molecular weight is 287 g/mol. The zero-order valence-corrected chi connectivity index (χ0v) is 12.3. The summed E-state index contributed by atoms with van der Waals surface area (Å²) in [5.41, 5.74) is 1.07. The molecule has 21 heavy (non-hydrogen) atoms. The first-order chi connectivity index (χ1) is 10.3. The molecule has 1 aromatic rings. The summed E-state index contributed by atoms with van der Waals surface area (Å²) in [5, 5.41) is 12.4. The van der Waals surface area contributed by atoms with Crippen LogP contribution in [0.25, 0.3) is 0 Å². The third-order valence-electron chi connectivity index (χ3n) is 3.71. The molecule has 1 aliphatic heterocycles. The lowest BCUT2D eigenvalue weighted by Gasteiger charge is -2.39. The zero-order valence-electron chi connectivity index (χ0n) is 12.3.